The minimum atomic E-state index is -0.998. The van der Waals surface area contributed by atoms with Crippen LogP contribution in [0.1, 0.15) is 6.42 Å². The zero-order valence-corrected chi connectivity index (χ0v) is 12.1. The van der Waals surface area contributed by atoms with Crippen LogP contribution < -0.4 is 10.5 Å². The fraction of sp³-hybridized carbons (Fsp3) is 0.385. The van der Waals surface area contributed by atoms with E-state index in [1.165, 1.54) is 16.7 Å². The van der Waals surface area contributed by atoms with E-state index in [0.717, 1.165) is 0 Å². The fourth-order valence-corrected chi connectivity index (χ4v) is 2.04. The molecule has 1 aromatic carbocycles. The Balaban J connectivity index is 2.33. The highest BCUT2D eigenvalue weighted by atomic mass is 35.5. The Morgan fingerprint density at radius 3 is 2.86 bits per heavy atom. The first kappa shape index (κ1) is 15.4. The van der Waals surface area contributed by atoms with Crippen LogP contribution in [-0.4, -0.2) is 36.0 Å². The van der Waals surface area contributed by atoms with Crippen molar-refractivity contribution >= 4 is 28.7 Å². The van der Waals surface area contributed by atoms with Crippen LogP contribution in [-0.2, 0) is 16.1 Å². The third-order valence-electron chi connectivity index (χ3n) is 2.82. The molecule has 0 bridgehead atoms. The average molecular weight is 316 g/mol. The molecule has 0 aliphatic rings. The van der Waals surface area contributed by atoms with Gasteiger partial charge >= 0.3 is 11.7 Å². The molecule has 0 unspecified atom stereocenters. The molecule has 0 radical (unpaired) electrons. The molecule has 0 fully saturated rings. The maximum absolute atomic E-state index is 11.7. The Morgan fingerprint density at radius 1 is 1.43 bits per heavy atom. The molecule has 8 heteroatoms. The second-order valence-corrected chi connectivity index (χ2v) is 4.66. The van der Waals surface area contributed by atoms with Crippen molar-refractivity contribution < 1.29 is 23.8 Å². The largest absolute Gasteiger partial charge is 0.489 e. The van der Waals surface area contributed by atoms with Crippen molar-refractivity contribution in [3.05, 3.63) is 27.7 Å². The van der Waals surface area contributed by atoms with Crippen LogP contribution in [0.4, 0.5) is 0 Å². The summed E-state index contributed by atoms with van der Waals surface area (Å²) in [6.07, 6.45) is -0.182. The Morgan fingerprint density at radius 2 is 2.19 bits per heavy atom. The highest BCUT2D eigenvalue weighted by molar-refractivity contribution is 6.32. The molecule has 7 nitrogen and oxygen atoms in total. The van der Waals surface area contributed by atoms with Crippen LogP contribution >= 0.6 is 11.6 Å². The Kier molecular flexibility index (Phi) is 4.87. The Labute approximate surface area is 124 Å². The van der Waals surface area contributed by atoms with Gasteiger partial charge in [0.15, 0.2) is 5.58 Å². The lowest BCUT2D eigenvalue weighted by Gasteiger charge is -2.07. The van der Waals surface area contributed by atoms with Gasteiger partial charge < -0.3 is 19.0 Å². The number of carbonyl (C=O) groups is 1. The van der Waals surface area contributed by atoms with Gasteiger partial charge in [-0.1, -0.05) is 11.6 Å². The number of hydrogen-bond donors (Lipinski definition) is 1. The summed E-state index contributed by atoms with van der Waals surface area (Å²) in [6, 6.07) is 3.03. The number of ether oxygens (including phenoxy) is 2. The van der Waals surface area contributed by atoms with Gasteiger partial charge in [0.1, 0.15) is 12.4 Å². The second kappa shape index (κ2) is 6.64. The SMILES string of the molecule is COCCOc1cc2oc(=O)n(CCC(=O)O)c2cc1Cl. The van der Waals surface area contributed by atoms with Gasteiger partial charge in [0.25, 0.3) is 0 Å². The van der Waals surface area contributed by atoms with Gasteiger partial charge in [0, 0.05) is 19.7 Å². The number of aliphatic carboxylic acids is 1. The molecule has 1 aromatic heterocycles. The molecular weight excluding hydrogens is 302 g/mol. The standard InChI is InChI=1S/C13H14ClNO6/c1-19-4-5-20-10-7-11-9(6-8(10)14)15(13(18)21-11)3-2-12(16)17/h6-7H,2-5H2,1H3,(H,16,17). The molecule has 0 saturated heterocycles. The molecule has 0 spiro atoms. The number of nitrogens with zero attached hydrogens (tertiary/aromatic N) is 1. The smallest absolute Gasteiger partial charge is 0.419 e. The second-order valence-electron chi connectivity index (χ2n) is 4.25. The Bertz CT molecular complexity index is 704. The highest BCUT2D eigenvalue weighted by Gasteiger charge is 2.14. The van der Waals surface area contributed by atoms with E-state index in [4.69, 9.17) is 30.6 Å². The summed E-state index contributed by atoms with van der Waals surface area (Å²) < 4.78 is 16.6. The lowest BCUT2D eigenvalue weighted by atomic mass is 10.3. The normalized spacial score (nSPS) is 11.0. The minimum absolute atomic E-state index is 0.0153. The lowest BCUT2D eigenvalue weighted by molar-refractivity contribution is -0.137. The number of carboxylic acids is 1. The molecule has 0 aliphatic heterocycles. The van der Waals surface area contributed by atoms with E-state index in [1.807, 2.05) is 0 Å². The molecule has 1 N–H and O–H groups in total. The van der Waals surface area contributed by atoms with Crippen LogP contribution in [0, 0.1) is 0 Å². The average Bonchev–Trinajstić information content (AvgIpc) is 2.72. The van der Waals surface area contributed by atoms with E-state index in [0.29, 0.717) is 35.1 Å². The number of methoxy groups -OCH3 is 1. The number of rotatable bonds is 7. The number of aromatic nitrogens is 1. The van der Waals surface area contributed by atoms with Gasteiger partial charge in [-0.3, -0.25) is 9.36 Å². The van der Waals surface area contributed by atoms with E-state index in [9.17, 15) is 9.59 Å². The quantitative estimate of drug-likeness (QED) is 0.783. The van der Waals surface area contributed by atoms with E-state index < -0.39 is 11.7 Å². The van der Waals surface area contributed by atoms with Gasteiger partial charge in [0.05, 0.1) is 23.6 Å². The van der Waals surface area contributed by atoms with Crippen molar-refractivity contribution in [2.24, 2.45) is 0 Å². The first-order chi connectivity index (χ1) is 10.0. The van der Waals surface area contributed by atoms with Crippen LogP contribution in [0.5, 0.6) is 5.75 Å². The van der Waals surface area contributed by atoms with E-state index in [1.54, 1.807) is 7.11 Å². The van der Waals surface area contributed by atoms with Crippen LogP contribution in [0.2, 0.25) is 5.02 Å². The summed E-state index contributed by atoms with van der Waals surface area (Å²) >= 11 is 6.09. The topological polar surface area (TPSA) is 90.9 Å². The zero-order chi connectivity index (χ0) is 15.4. The molecule has 114 valence electrons. The van der Waals surface area contributed by atoms with Crippen molar-refractivity contribution in [3.63, 3.8) is 0 Å². The number of carboxylic acid groups (broad SMARTS) is 1. The molecule has 2 aromatic rings. The fourth-order valence-electron chi connectivity index (χ4n) is 1.83. The van der Waals surface area contributed by atoms with Gasteiger partial charge in [-0.2, -0.15) is 0 Å². The van der Waals surface area contributed by atoms with Gasteiger partial charge in [-0.15, -0.1) is 0 Å². The molecule has 21 heavy (non-hydrogen) atoms. The first-order valence-electron chi connectivity index (χ1n) is 6.19. The van der Waals surface area contributed by atoms with Crippen molar-refractivity contribution in [3.8, 4) is 5.75 Å². The van der Waals surface area contributed by atoms with Gasteiger partial charge in [-0.25, -0.2) is 4.79 Å². The molecule has 1 heterocycles. The predicted octanol–water partition coefficient (Wildman–Crippen LogP) is 1.75. The van der Waals surface area contributed by atoms with Crippen molar-refractivity contribution in [2.75, 3.05) is 20.3 Å². The maximum Gasteiger partial charge on any atom is 0.419 e. The summed E-state index contributed by atoms with van der Waals surface area (Å²) in [5.41, 5.74) is 0.729. The van der Waals surface area contributed by atoms with Gasteiger partial charge in [-0.05, 0) is 6.07 Å². The van der Waals surface area contributed by atoms with Crippen molar-refractivity contribution in [2.45, 2.75) is 13.0 Å². The van der Waals surface area contributed by atoms with E-state index in [2.05, 4.69) is 0 Å². The van der Waals surface area contributed by atoms with Crippen molar-refractivity contribution in [1.29, 1.82) is 0 Å². The highest BCUT2D eigenvalue weighted by Crippen LogP contribution is 2.29. The number of oxazole rings is 1. The monoisotopic (exact) mass is 315 g/mol. The molecule has 0 aliphatic carbocycles. The molecule has 0 amide bonds. The number of fused-ring (bicyclic) bond motifs is 1. The summed E-state index contributed by atoms with van der Waals surface area (Å²) in [5.74, 6) is -1.25. The molecular formula is C13H14ClNO6. The summed E-state index contributed by atoms with van der Waals surface area (Å²) in [4.78, 5) is 22.3. The number of halogens is 1. The summed E-state index contributed by atoms with van der Waals surface area (Å²) in [5, 5.41) is 9.00. The minimum Gasteiger partial charge on any atom is -0.489 e. The predicted molar refractivity (Wildman–Crippen MR) is 75.1 cm³/mol. The van der Waals surface area contributed by atoms with Crippen LogP contribution in [0.25, 0.3) is 11.1 Å². The molecule has 2 rings (SSSR count). The maximum atomic E-state index is 11.7. The van der Waals surface area contributed by atoms with Crippen LogP contribution in [0.3, 0.4) is 0 Å². The molecule has 0 atom stereocenters. The van der Waals surface area contributed by atoms with Gasteiger partial charge in [0.2, 0.25) is 0 Å². The first-order valence-corrected chi connectivity index (χ1v) is 6.57. The summed E-state index contributed by atoms with van der Waals surface area (Å²) in [6.45, 7) is 0.727. The lowest BCUT2D eigenvalue weighted by Crippen LogP contribution is -2.16. The van der Waals surface area contributed by atoms with E-state index in [-0.39, 0.29) is 13.0 Å². The summed E-state index contributed by atoms with van der Waals surface area (Å²) in [7, 11) is 1.55. The van der Waals surface area contributed by atoms with E-state index >= 15 is 0 Å². The number of hydrogen-bond acceptors (Lipinski definition) is 5. The molecule has 0 saturated carbocycles. The van der Waals surface area contributed by atoms with Crippen LogP contribution in [0.15, 0.2) is 21.3 Å². The number of benzene rings is 1. The third-order valence-corrected chi connectivity index (χ3v) is 3.11. The zero-order valence-electron chi connectivity index (χ0n) is 11.3. The third kappa shape index (κ3) is 3.56. The Hall–Kier alpha value is -1.99. The number of aryl methyl sites for hydroxylation is 1. The van der Waals surface area contributed by atoms with Crippen molar-refractivity contribution in [1.82, 2.24) is 4.57 Å².